The van der Waals surface area contributed by atoms with Crippen LogP contribution < -0.4 is 0 Å². The number of hydrogen-bond donors (Lipinski definition) is 0. The normalized spacial score (nSPS) is 13.7. The molecule has 3 heterocycles. The lowest BCUT2D eigenvalue weighted by Gasteiger charge is -2.04. The van der Waals surface area contributed by atoms with E-state index in [1.165, 1.54) is 16.7 Å². The molecule has 0 unspecified atom stereocenters. The van der Waals surface area contributed by atoms with Crippen molar-refractivity contribution < 1.29 is 0 Å². The second kappa shape index (κ2) is 3.79. The summed E-state index contributed by atoms with van der Waals surface area (Å²) in [6.07, 6.45) is 2.68. The summed E-state index contributed by atoms with van der Waals surface area (Å²) in [5, 5.41) is 12.5. The number of rotatable bonds is 2. The second-order valence-electron chi connectivity index (χ2n) is 3.89. The second-order valence-corrected chi connectivity index (χ2v) is 4.67. The Morgan fingerprint density at radius 2 is 2.38 bits per heavy atom. The Labute approximate surface area is 97.9 Å². The van der Waals surface area contributed by atoms with Crippen LogP contribution in [-0.4, -0.2) is 15.9 Å². The molecule has 0 amide bonds. The summed E-state index contributed by atoms with van der Waals surface area (Å²) in [5.74, 6) is 0. The Balaban J connectivity index is 1.98. The summed E-state index contributed by atoms with van der Waals surface area (Å²) in [5.41, 5.74) is 5.86. The number of hydrogen-bond acceptors (Lipinski definition) is 4. The largest absolute Gasteiger partial charge is 0.285 e. The number of nitrogens with zero attached hydrogens (tertiary/aromatic N) is 3. The van der Waals surface area contributed by atoms with E-state index in [9.17, 15) is 0 Å². The standard InChI is InChI=1S/C12H11N3S/c1-8-10-6-14-15-12(11(10)5-13-8)4-9-2-3-16-7-9/h2-3,6-7H,4-5H2,1H3. The van der Waals surface area contributed by atoms with Crippen molar-refractivity contribution in [3.05, 3.63) is 45.4 Å². The Bertz CT molecular complexity index is 543. The minimum absolute atomic E-state index is 0.760. The highest BCUT2D eigenvalue weighted by molar-refractivity contribution is 7.07. The van der Waals surface area contributed by atoms with Crippen LogP contribution in [0.3, 0.4) is 0 Å². The van der Waals surface area contributed by atoms with Crippen LogP contribution in [0.15, 0.2) is 28.0 Å². The first-order valence-corrected chi connectivity index (χ1v) is 6.15. The third-order valence-corrected chi connectivity index (χ3v) is 3.59. The van der Waals surface area contributed by atoms with E-state index in [0.29, 0.717) is 0 Å². The molecular formula is C12H11N3S. The van der Waals surface area contributed by atoms with E-state index in [-0.39, 0.29) is 0 Å². The van der Waals surface area contributed by atoms with Crippen molar-refractivity contribution in [3.8, 4) is 0 Å². The lowest BCUT2D eigenvalue weighted by molar-refractivity contribution is 0.896. The van der Waals surface area contributed by atoms with Crippen LogP contribution in [0.1, 0.15) is 29.3 Å². The average Bonchev–Trinajstić information content (AvgIpc) is 2.90. The maximum absolute atomic E-state index is 4.43. The number of fused-ring (bicyclic) bond motifs is 1. The summed E-state index contributed by atoms with van der Waals surface area (Å²) in [6, 6.07) is 2.13. The first-order chi connectivity index (χ1) is 7.84. The summed E-state index contributed by atoms with van der Waals surface area (Å²) in [6.45, 7) is 2.79. The third-order valence-electron chi connectivity index (χ3n) is 2.85. The van der Waals surface area contributed by atoms with E-state index in [1.807, 2.05) is 13.1 Å². The Morgan fingerprint density at radius 3 is 3.19 bits per heavy atom. The predicted molar refractivity (Wildman–Crippen MR) is 65.1 cm³/mol. The van der Waals surface area contributed by atoms with Crippen molar-refractivity contribution in [3.63, 3.8) is 0 Å². The van der Waals surface area contributed by atoms with E-state index in [1.54, 1.807) is 11.3 Å². The summed E-state index contributed by atoms with van der Waals surface area (Å²) in [7, 11) is 0. The zero-order chi connectivity index (χ0) is 11.0. The molecule has 0 N–H and O–H groups in total. The zero-order valence-corrected chi connectivity index (χ0v) is 9.79. The van der Waals surface area contributed by atoms with Gasteiger partial charge in [-0.15, -0.1) is 0 Å². The molecule has 0 radical (unpaired) electrons. The van der Waals surface area contributed by atoms with Crippen LogP contribution >= 0.6 is 11.3 Å². The van der Waals surface area contributed by atoms with Crippen LogP contribution in [0.25, 0.3) is 0 Å². The monoisotopic (exact) mass is 229 g/mol. The van der Waals surface area contributed by atoms with Crippen molar-refractivity contribution in [1.29, 1.82) is 0 Å². The van der Waals surface area contributed by atoms with Gasteiger partial charge < -0.3 is 0 Å². The van der Waals surface area contributed by atoms with Crippen LogP contribution in [0.4, 0.5) is 0 Å². The first kappa shape index (κ1) is 9.66. The smallest absolute Gasteiger partial charge is 0.0732 e. The summed E-state index contributed by atoms with van der Waals surface area (Å²) < 4.78 is 0. The molecule has 2 aromatic rings. The van der Waals surface area contributed by atoms with Crippen LogP contribution in [-0.2, 0) is 13.0 Å². The Kier molecular flexibility index (Phi) is 2.29. The minimum Gasteiger partial charge on any atom is -0.285 e. The van der Waals surface area contributed by atoms with Crippen LogP contribution in [0, 0.1) is 0 Å². The van der Waals surface area contributed by atoms with Gasteiger partial charge in [0, 0.05) is 23.3 Å². The highest BCUT2D eigenvalue weighted by Gasteiger charge is 2.17. The minimum atomic E-state index is 0.760. The predicted octanol–water partition coefficient (Wildman–Crippen LogP) is 2.45. The zero-order valence-electron chi connectivity index (χ0n) is 8.97. The lowest BCUT2D eigenvalue weighted by atomic mass is 10.0. The molecule has 3 nitrogen and oxygen atoms in total. The van der Waals surface area contributed by atoms with Crippen molar-refractivity contribution in [1.82, 2.24) is 10.2 Å². The number of aliphatic imine (C=N–C) groups is 1. The van der Waals surface area contributed by atoms with Gasteiger partial charge in [0.2, 0.25) is 0 Å². The van der Waals surface area contributed by atoms with Gasteiger partial charge in [-0.1, -0.05) is 0 Å². The molecular weight excluding hydrogens is 218 g/mol. The van der Waals surface area contributed by atoms with Crippen molar-refractivity contribution in [2.24, 2.45) is 4.99 Å². The quantitative estimate of drug-likeness (QED) is 0.793. The highest BCUT2D eigenvalue weighted by Crippen LogP contribution is 2.22. The van der Waals surface area contributed by atoms with E-state index < -0.39 is 0 Å². The molecule has 0 spiro atoms. The van der Waals surface area contributed by atoms with Gasteiger partial charge in [0.15, 0.2) is 0 Å². The maximum atomic E-state index is 4.43. The van der Waals surface area contributed by atoms with Gasteiger partial charge in [0.1, 0.15) is 0 Å². The van der Waals surface area contributed by atoms with Crippen LogP contribution in [0.5, 0.6) is 0 Å². The Hall–Kier alpha value is -1.55. The molecule has 0 atom stereocenters. The molecule has 0 bridgehead atoms. The molecule has 0 fully saturated rings. The number of thiophene rings is 1. The fourth-order valence-corrected chi connectivity index (χ4v) is 2.62. The van der Waals surface area contributed by atoms with Crippen LogP contribution in [0.2, 0.25) is 0 Å². The molecule has 1 aliphatic heterocycles. The van der Waals surface area contributed by atoms with Gasteiger partial charge in [-0.25, -0.2) is 0 Å². The molecule has 2 aromatic heterocycles. The van der Waals surface area contributed by atoms with E-state index in [0.717, 1.165) is 24.4 Å². The average molecular weight is 229 g/mol. The van der Waals surface area contributed by atoms with E-state index in [4.69, 9.17) is 0 Å². The van der Waals surface area contributed by atoms with E-state index in [2.05, 4.69) is 32.0 Å². The summed E-state index contributed by atoms with van der Waals surface area (Å²) in [4.78, 5) is 4.43. The number of aromatic nitrogens is 2. The van der Waals surface area contributed by atoms with Gasteiger partial charge >= 0.3 is 0 Å². The molecule has 80 valence electrons. The van der Waals surface area contributed by atoms with Gasteiger partial charge in [-0.3, -0.25) is 4.99 Å². The molecule has 0 saturated heterocycles. The molecule has 1 aliphatic rings. The van der Waals surface area contributed by atoms with Crippen molar-refractivity contribution in [2.45, 2.75) is 19.9 Å². The van der Waals surface area contributed by atoms with Crippen molar-refractivity contribution in [2.75, 3.05) is 0 Å². The maximum Gasteiger partial charge on any atom is 0.0732 e. The Morgan fingerprint density at radius 1 is 1.44 bits per heavy atom. The molecule has 0 aromatic carbocycles. The fourth-order valence-electron chi connectivity index (χ4n) is 1.95. The van der Waals surface area contributed by atoms with Gasteiger partial charge in [-0.2, -0.15) is 21.5 Å². The van der Waals surface area contributed by atoms with E-state index >= 15 is 0 Å². The first-order valence-electron chi connectivity index (χ1n) is 5.20. The fraction of sp³-hybridized carbons (Fsp3) is 0.250. The molecule has 3 rings (SSSR count). The molecule has 4 heteroatoms. The summed E-state index contributed by atoms with van der Waals surface area (Å²) >= 11 is 1.72. The third kappa shape index (κ3) is 1.55. The van der Waals surface area contributed by atoms with Crippen molar-refractivity contribution >= 4 is 17.0 Å². The molecule has 0 saturated carbocycles. The highest BCUT2D eigenvalue weighted by atomic mass is 32.1. The SMILES string of the molecule is CC1=NCc2c1cnnc2Cc1ccsc1. The molecule has 16 heavy (non-hydrogen) atoms. The van der Waals surface area contributed by atoms with Gasteiger partial charge in [0.05, 0.1) is 18.4 Å². The molecule has 0 aliphatic carbocycles. The van der Waals surface area contributed by atoms with Gasteiger partial charge in [-0.05, 0) is 29.3 Å². The lowest BCUT2D eigenvalue weighted by Crippen LogP contribution is -2.03. The topological polar surface area (TPSA) is 38.1 Å². The van der Waals surface area contributed by atoms with Gasteiger partial charge in [0.25, 0.3) is 0 Å².